The van der Waals surface area contributed by atoms with Crippen LogP contribution in [0.25, 0.3) is 16.6 Å². The van der Waals surface area contributed by atoms with E-state index in [0.717, 1.165) is 21.0 Å². The highest BCUT2D eigenvalue weighted by Gasteiger charge is 2.56. The molecule has 3 aromatic carbocycles. The third-order valence-electron chi connectivity index (χ3n) is 7.76. The number of benzene rings is 3. The summed E-state index contributed by atoms with van der Waals surface area (Å²) in [7, 11) is -1.79. The summed E-state index contributed by atoms with van der Waals surface area (Å²) in [6.07, 6.45) is -3.18. The lowest BCUT2D eigenvalue weighted by atomic mass is 10.1. The molecule has 5 aromatic rings. The van der Waals surface area contributed by atoms with Gasteiger partial charge in [-0.2, -0.15) is 13.2 Å². The Morgan fingerprint density at radius 2 is 1.76 bits per heavy atom. The molecule has 0 aliphatic heterocycles. The van der Waals surface area contributed by atoms with Crippen LogP contribution in [0.3, 0.4) is 0 Å². The van der Waals surface area contributed by atoms with Crippen molar-refractivity contribution in [1.29, 1.82) is 0 Å². The maximum Gasteiger partial charge on any atom is 0.392 e. The van der Waals surface area contributed by atoms with Crippen LogP contribution in [-0.2, 0) is 16.6 Å². The van der Waals surface area contributed by atoms with Gasteiger partial charge < -0.3 is 14.0 Å². The van der Waals surface area contributed by atoms with Crippen LogP contribution in [0.2, 0.25) is 0 Å². The normalized spacial score (nSPS) is 16.5. The van der Waals surface area contributed by atoms with Crippen molar-refractivity contribution in [2.75, 3.05) is 18.5 Å². The maximum absolute atomic E-state index is 15.9. The van der Waals surface area contributed by atoms with E-state index in [1.807, 2.05) is 0 Å². The van der Waals surface area contributed by atoms with E-state index in [4.69, 9.17) is 14.0 Å². The summed E-state index contributed by atoms with van der Waals surface area (Å²) in [5.41, 5.74) is 0.538. The second kappa shape index (κ2) is 11.3. The Kier molecular flexibility index (Phi) is 7.55. The molecular weight excluding hydrogens is 618 g/mol. The van der Waals surface area contributed by atoms with E-state index < -0.39 is 44.3 Å². The van der Waals surface area contributed by atoms with Crippen LogP contribution in [0.5, 0.6) is 11.5 Å². The van der Waals surface area contributed by atoms with E-state index in [2.05, 4.69) is 5.16 Å². The van der Waals surface area contributed by atoms with Crippen LogP contribution in [0.4, 0.5) is 23.4 Å². The number of hydrogen-bond donors (Lipinski definition) is 0. The molecule has 9 nitrogen and oxygen atoms in total. The number of hydrogen-bond acceptors (Lipinski definition) is 7. The predicted octanol–water partition coefficient (Wildman–Crippen LogP) is 6.20. The van der Waals surface area contributed by atoms with Gasteiger partial charge in [-0.3, -0.25) is 9.36 Å². The van der Waals surface area contributed by atoms with Crippen molar-refractivity contribution in [2.45, 2.75) is 30.0 Å². The van der Waals surface area contributed by atoms with Crippen LogP contribution in [0, 0.1) is 11.7 Å². The second-order valence-electron chi connectivity index (χ2n) is 10.5. The SMILES string of the molecule is COc1ccc(CN(c2ccon2)S(=O)(=O)c2cc3ccc(=O)n(-c4ccc(C5CC5C(F)(F)F)cc4OC)c3cc2F)cc1. The Morgan fingerprint density at radius 3 is 2.38 bits per heavy atom. The van der Waals surface area contributed by atoms with Gasteiger partial charge in [0.25, 0.3) is 15.6 Å². The fourth-order valence-electron chi connectivity index (χ4n) is 5.36. The Bertz CT molecular complexity index is 2050. The molecule has 2 unspecified atom stereocenters. The first-order chi connectivity index (χ1) is 21.4. The Balaban J connectivity index is 1.42. The van der Waals surface area contributed by atoms with Gasteiger partial charge in [0.1, 0.15) is 28.5 Å². The summed E-state index contributed by atoms with van der Waals surface area (Å²) < 4.78 is 101. The number of fused-ring (bicyclic) bond motifs is 1. The smallest absolute Gasteiger partial charge is 0.392 e. The van der Waals surface area contributed by atoms with Crippen molar-refractivity contribution in [3.8, 4) is 17.2 Å². The number of sulfonamides is 1. The van der Waals surface area contributed by atoms with Crippen molar-refractivity contribution in [3.63, 3.8) is 0 Å². The highest BCUT2D eigenvalue weighted by atomic mass is 32.2. The van der Waals surface area contributed by atoms with Crippen LogP contribution in [0.1, 0.15) is 23.5 Å². The van der Waals surface area contributed by atoms with Crippen molar-refractivity contribution in [2.24, 2.45) is 5.92 Å². The summed E-state index contributed by atoms with van der Waals surface area (Å²) in [6.45, 7) is -0.213. The highest BCUT2D eigenvalue weighted by Crippen LogP contribution is 2.56. The van der Waals surface area contributed by atoms with E-state index in [0.29, 0.717) is 16.9 Å². The summed E-state index contributed by atoms with van der Waals surface area (Å²) >= 11 is 0. The molecule has 0 radical (unpaired) electrons. The minimum Gasteiger partial charge on any atom is -0.497 e. The summed E-state index contributed by atoms with van der Waals surface area (Å²) in [5.74, 6) is -2.75. The first kappa shape index (κ1) is 30.2. The number of alkyl halides is 3. The van der Waals surface area contributed by atoms with E-state index in [-0.39, 0.29) is 41.1 Å². The van der Waals surface area contributed by atoms with Gasteiger partial charge in [0, 0.05) is 23.6 Å². The first-order valence-electron chi connectivity index (χ1n) is 13.6. The number of aromatic nitrogens is 2. The number of nitrogens with zero attached hydrogens (tertiary/aromatic N) is 3. The monoisotopic (exact) mass is 643 g/mol. The van der Waals surface area contributed by atoms with Gasteiger partial charge in [0.05, 0.1) is 37.9 Å². The Hall–Kier alpha value is -4.85. The molecule has 1 aliphatic carbocycles. The zero-order chi connectivity index (χ0) is 32.1. The third kappa shape index (κ3) is 5.61. The van der Waals surface area contributed by atoms with E-state index in [1.165, 1.54) is 56.9 Å². The molecule has 0 spiro atoms. The quantitative estimate of drug-likeness (QED) is 0.176. The minimum atomic E-state index is -4.59. The lowest BCUT2D eigenvalue weighted by molar-refractivity contribution is -0.148. The van der Waals surface area contributed by atoms with Crippen LogP contribution in [0.15, 0.2) is 93.3 Å². The Morgan fingerprint density at radius 1 is 1.00 bits per heavy atom. The number of ether oxygens (including phenoxy) is 2. The number of methoxy groups -OCH3 is 2. The summed E-state index contributed by atoms with van der Waals surface area (Å²) in [4.78, 5) is 12.4. The average molecular weight is 644 g/mol. The van der Waals surface area contributed by atoms with Crippen LogP contribution < -0.4 is 19.3 Å². The van der Waals surface area contributed by atoms with Gasteiger partial charge in [0.15, 0.2) is 5.82 Å². The van der Waals surface area contributed by atoms with E-state index in [1.54, 1.807) is 24.3 Å². The van der Waals surface area contributed by atoms with Gasteiger partial charge in [-0.15, -0.1) is 0 Å². The highest BCUT2D eigenvalue weighted by molar-refractivity contribution is 7.92. The molecular formula is C31H25F4N3O6S. The van der Waals surface area contributed by atoms with Crippen molar-refractivity contribution < 1.29 is 40.0 Å². The number of halogens is 4. The largest absolute Gasteiger partial charge is 0.497 e. The maximum atomic E-state index is 15.9. The average Bonchev–Trinajstić information content (AvgIpc) is 3.67. The van der Waals surface area contributed by atoms with Crippen LogP contribution >= 0.6 is 0 Å². The van der Waals surface area contributed by atoms with E-state index in [9.17, 15) is 26.4 Å². The molecule has 2 aromatic heterocycles. The van der Waals surface area contributed by atoms with Gasteiger partial charge in [0.2, 0.25) is 0 Å². The van der Waals surface area contributed by atoms with Crippen molar-refractivity contribution in [3.05, 3.63) is 106 Å². The fourth-order valence-corrected chi connectivity index (χ4v) is 6.84. The third-order valence-corrected chi connectivity index (χ3v) is 9.53. The van der Waals surface area contributed by atoms with Gasteiger partial charge in [-0.05, 0) is 59.9 Å². The zero-order valence-electron chi connectivity index (χ0n) is 23.8. The van der Waals surface area contributed by atoms with Crippen molar-refractivity contribution in [1.82, 2.24) is 9.72 Å². The first-order valence-corrected chi connectivity index (χ1v) is 15.0. The van der Waals surface area contributed by atoms with Crippen LogP contribution in [-0.4, -0.2) is 38.5 Å². The van der Waals surface area contributed by atoms with Crippen molar-refractivity contribution >= 4 is 26.7 Å². The fraction of sp³-hybridized carbons (Fsp3) is 0.226. The molecule has 1 saturated carbocycles. The zero-order valence-corrected chi connectivity index (χ0v) is 24.6. The lowest BCUT2D eigenvalue weighted by Gasteiger charge is -2.23. The van der Waals surface area contributed by atoms with Gasteiger partial charge >= 0.3 is 6.18 Å². The number of pyridine rings is 1. The molecule has 2 atom stereocenters. The standard InChI is InChI=1S/C31H25F4N3O6S/c1-42-21-7-3-18(4-8-21)17-37(29-11-12-44-36-29)45(40,41)28-14-20-6-10-30(39)38(26(20)16-24(28)32)25-9-5-19(13-27(25)43-2)22-15-23(22)31(33,34)35/h3-14,16,22-23H,15,17H2,1-2H3. The lowest BCUT2D eigenvalue weighted by Crippen LogP contribution is -2.31. The summed E-state index contributed by atoms with van der Waals surface area (Å²) in [5, 5.41) is 3.96. The molecule has 0 N–H and O–H groups in total. The van der Waals surface area contributed by atoms with E-state index >= 15 is 4.39 Å². The summed E-state index contributed by atoms with van der Waals surface area (Å²) in [6, 6.07) is 16.8. The molecule has 1 aliphatic rings. The Labute approximate surface area is 254 Å². The predicted molar refractivity (Wildman–Crippen MR) is 156 cm³/mol. The molecule has 14 heteroatoms. The number of anilines is 1. The molecule has 6 rings (SSSR count). The molecule has 0 amide bonds. The molecule has 0 bridgehead atoms. The second-order valence-corrected chi connectivity index (χ2v) is 12.3. The molecule has 234 valence electrons. The molecule has 1 fully saturated rings. The molecule has 45 heavy (non-hydrogen) atoms. The topological polar surface area (TPSA) is 104 Å². The van der Waals surface area contributed by atoms with Gasteiger partial charge in [-0.25, -0.2) is 17.1 Å². The molecule has 0 saturated heterocycles. The van der Waals surface area contributed by atoms with Gasteiger partial charge in [-0.1, -0.05) is 23.4 Å². The molecule has 2 heterocycles. The number of rotatable bonds is 9. The minimum absolute atomic E-state index is 0.0210.